The minimum Gasteiger partial charge on any atom is -0.327 e. The largest absolute Gasteiger partial charge is 0.327 e. The van der Waals surface area contributed by atoms with E-state index in [2.05, 4.69) is 10.6 Å². The summed E-state index contributed by atoms with van der Waals surface area (Å²) in [5.41, 5.74) is 6.14. The van der Waals surface area contributed by atoms with E-state index in [0.29, 0.717) is 12.0 Å². The SMILES string of the molecule is NC1CCNCC1C1CCCNC1. The summed E-state index contributed by atoms with van der Waals surface area (Å²) >= 11 is 0. The van der Waals surface area contributed by atoms with Crippen molar-refractivity contribution in [2.45, 2.75) is 25.3 Å². The van der Waals surface area contributed by atoms with Gasteiger partial charge in [-0.2, -0.15) is 0 Å². The second-order valence-electron chi connectivity index (χ2n) is 4.43. The molecular weight excluding hydrogens is 162 g/mol. The first kappa shape index (κ1) is 9.44. The van der Waals surface area contributed by atoms with Crippen LogP contribution < -0.4 is 16.4 Å². The summed E-state index contributed by atoms with van der Waals surface area (Å²) in [6.07, 6.45) is 3.85. The highest BCUT2D eigenvalue weighted by Gasteiger charge is 2.29. The molecule has 2 aliphatic rings. The minimum atomic E-state index is 0.436. The van der Waals surface area contributed by atoms with Gasteiger partial charge in [-0.15, -0.1) is 0 Å². The molecule has 0 spiro atoms. The molecule has 2 aliphatic heterocycles. The summed E-state index contributed by atoms with van der Waals surface area (Å²) < 4.78 is 0. The first-order valence-corrected chi connectivity index (χ1v) is 5.55. The van der Waals surface area contributed by atoms with E-state index >= 15 is 0 Å². The molecule has 2 fully saturated rings. The molecule has 3 atom stereocenters. The highest BCUT2D eigenvalue weighted by atomic mass is 14.9. The molecule has 4 N–H and O–H groups in total. The predicted molar refractivity (Wildman–Crippen MR) is 54.5 cm³/mol. The number of hydrogen-bond donors (Lipinski definition) is 3. The molecule has 3 heteroatoms. The number of nitrogens with two attached hydrogens (primary N) is 1. The van der Waals surface area contributed by atoms with Crippen molar-refractivity contribution in [3.8, 4) is 0 Å². The smallest absolute Gasteiger partial charge is 0.00944 e. The summed E-state index contributed by atoms with van der Waals surface area (Å²) in [7, 11) is 0. The zero-order valence-electron chi connectivity index (χ0n) is 8.26. The number of piperidine rings is 2. The van der Waals surface area contributed by atoms with Crippen molar-refractivity contribution in [1.82, 2.24) is 10.6 Å². The number of nitrogens with one attached hydrogen (secondary N) is 2. The van der Waals surface area contributed by atoms with Crippen molar-refractivity contribution >= 4 is 0 Å². The van der Waals surface area contributed by atoms with E-state index in [-0.39, 0.29) is 0 Å². The lowest BCUT2D eigenvalue weighted by atomic mass is 9.79. The van der Waals surface area contributed by atoms with E-state index < -0.39 is 0 Å². The van der Waals surface area contributed by atoms with Gasteiger partial charge in [-0.05, 0) is 57.3 Å². The third-order valence-corrected chi connectivity index (χ3v) is 3.52. The third kappa shape index (κ3) is 2.22. The Morgan fingerprint density at radius 3 is 2.54 bits per heavy atom. The van der Waals surface area contributed by atoms with Crippen LogP contribution >= 0.6 is 0 Å². The topological polar surface area (TPSA) is 50.1 Å². The molecule has 2 rings (SSSR count). The lowest BCUT2D eigenvalue weighted by Gasteiger charge is -2.37. The van der Waals surface area contributed by atoms with Crippen LogP contribution in [-0.4, -0.2) is 32.2 Å². The van der Waals surface area contributed by atoms with Crippen LogP contribution in [0.2, 0.25) is 0 Å². The fraction of sp³-hybridized carbons (Fsp3) is 1.00. The number of rotatable bonds is 1. The van der Waals surface area contributed by atoms with Gasteiger partial charge in [-0.3, -0.25) is 0 Å². The average Bonchev–Trinajstić information content (AvgIpc) is 2.20. The molecule has 0 aromatic carbocycles. The van der Waals surface area contributed by atoms with Crippen molar-refractivity contribution in [2.24, 2.45) is 17.6 Å². The molecule has 3 nitrogen and oxygen atoms in total. The van der Waals surface area contributed by atoms with Crippen LogP contribution in [-0.2, 0) is 0 Å². The van der Waals surface area contributed by atoms with Crippen LogP contribution in [0.1, 0.15) is 19.3 Å². The van der Waals surface area contributed by atoms with Gasteiger partial charge in [0.25, 0.3) is 0 Å². The monoisotopic (exact) mass is 183 g/mol. The molecule has 0 aromatic rings. The van der Waals surface area contributed by atoms with Gasteiger partial charge in [-0.25, -0.2) is 0 Å². The van der Waals surface area contributed by atoms with Crippen molar-refractivity contribution in [3.63, 3.8) is 0 Å². The zero-order valence-corrected chi connectivity index (χ0v) is 8.26. The van der Waals surface area contributed by atoms with Crippen molar-refractivity contribution in [3.05, 3.63) is 0 Å². The molecule has 3 unspecified atom stereocenters. The van der Waals surface area contributed by atoms with Gasteiger partial charge >= 0.3 is 0 Å². The molecule has 0 aliphatic carbocycles. The van der Waals surface area contributed by atoms with Crippen LogP contribution in [0.4, 0.5) is 0 Å². The molecule has 2 heterocycles. The zero-order chi connectivity index (χ0) is 9.10. The third-order valence-electron chi connectivity index (χ3n) is 3.52. The van der Waals surface area contributed by atoms with E-state index in [9.17, 15) is 0 Å². The van der Waals surface area contributed by atoms with Gasteiger partial charge in [0.1, 0.15) is 0 Å². The Morgan fingerprint density at radius 2 is 1.85 bits per heavy atom. The van der Waals surface area contributed by atoms with Crippen LogP contribution in [0.3, 0.4) is 0 Å². The van der Waals surface area contributed by atoms with E-state index in [1.165, 1.54) is 25.9 Å². The molecule has 76 valence electrons. The first-order chi connectivity index (χ1) is 6.38. The van der Waals surface area contributed by atoms with Crippen molar-refractivity contribution in [2.75, 3.05) is 26.2 Å². The lowest BCUT2D eigenvalue weighted by Crippen LogP contribution is -2.51. The summed E-state index contributed by atoms with van der Waals surface area (Å²) in [5, 5.41) is 6.92. The lowest BCUT2D eigenvalue weighted by molar-refractivity contribution is 0.195. The minimum absolute atomic E-state index is 0.436. The maximum Gasteiger partial charge on any atom is 0.00944 e. The number of hydrogen-bond acceptors (Lipinski definition) is 3. The Morgan fingerprint density at radius 1 is 1.00 bits per heavy atom. The Kier molecular flexibility index (Phi) is 3.19. The summed E-state index contributed by atoms with van der Waals surface area (Å²) in [6.45, 7) is 4.62. The van der Waals surface area contributed by atoms with E-state index in [0.717, 1.165) is 25.4 Å². The van der Waals surface area contributed by atoms with Gasteiger partial charge in [0.05, 0.1) is 0 Å². The fourth-order valence-electron chi connectivity index (χ4n) is 2.66. The maximum absolute atomic E-state index is 6.14. The fourth-order valence-corrected chi connectivity index (χ4v) is 2.66. The van der Waals surface area contributed by atoms with Crippen LogP contribution in [0.5, 0.6) is 0 Å². The summed E-state index contributed by atoms with van der Waals surface area (Å²) in [6, 6.07) is 0.436. The van der Waals surface area contributed by atoms with Crippen LogP contribution in [0.15, 0.2) is 0 Å². The molecule has 2 saturated heterocycles. The molecule has 0 aromatic heterocycles. The standard InChI is InChI=1S/C10H21N3/c11-10-3-5-13-7-9(10)8-2-1-4-12-6-8/h8-10,12-13H,1-7,11H2. The van der Waals surface area contributed by atoms with E-state index in [1.54, 1.807) is 0 Å². The predicted octanol–water partition coefficient (Wildman–Crippen LogP) is -0.0772. The Hall–Kier alpha value is -0.120. The highest BCUT2D eigenvalue weighted by molar-refractivity contribution is 4.87. The summed E-state index contributed by atoms with van der Waals surface area (Å²) in [5.74, 6) is 1.53. The quantitative estimate of drug-likeness (QED) is 0.533. The molecule has 13 heavy (non-hydrogen) atoms. The van der Waals surface area contributed by atoms with Gasteiger partial charge in [0.15, 0.2) is 0 Å². The second-order valence-corrected chi connectivity index (χ2v) is 4.43. The maximum atomic E-state index is 6.14. The molecule has 0 amide bonds. The van der Waals surface area contributed by atoms with Gasteiger partial charge in [0.2, 0.25) is 0 Å². The Balaban J connectivity index is 1.88. The Bertz CT molecular complexity index is 154. The van der Waals surface area contributed by atoms with E-state index in [1.807, 2.05) is 0 Å². The molecular formula is C10H21N3. The molecule has 0 radical (unpaired) electrons. The molecule has 0 saturated carbocycles. The average molecular weight is 183 g/mol. The Labute approximate surface area is 80.5 Å². The highest BCUT2D eigenvalue weighted by Crippen LogP contribution is 2.24. The van der Waals surface area contributed by atoms with E-state index in [4.69, 9.17) is 5.73 Å². The first-order valence-electron chi connectivity index (χ1n) is 5.55. The second kappa shape index (κ2) is 4.40. The van der Waals surface area contributed by atoms with Crippen LogP contribution in [0, 0.1) is 11.8 Å². The summed E-state index contributed by atoms with van der Waals surface area (Å²) in [4.78, 5) is 0. The van der Waals surface area contributed by atoms with Crippen molar-refractivity contribution in [1.29, 1.82) is 0 Å². The van der Waals surface area contributed by atoms with Gasteiger partial charge < -0.3 is 16.4 Å². The van der Waals surface area contributed by atoms with Crippen LogP contribution in [0.25, 0.3) is 0 Å². The van der Waals surface area contributed by atoms with Gasteiger partial charge in [0, 0.05) is 6.04 Å². The molecule has 0 bridgehead atoms. The normalized spacial score (nSPS) is 41.8. The van der Waals surface area contributed by atoms with Gasteiger partial charge in [-0.1, -0.05) is 0 Å². The van der Waals surface area contributed by atoms with Crippen molar-refractivity contribution < 1.29 is 0 Å².